The van der Waals surface area contributed by atoms with Gasteiger partial charge in [0, 0.05) is 6.54 Å². The van der Waals surface area contributed by atoms with E-state index in [0.717, 1.165) is 23.2 Å². The first kappa shape index (κ1) is 26.9. The third kappa shape index (κ3) is 5.57. The minimum absolute atomic E-state index is 0.154. The van der Waals surface area contributed by atoms with Crippen LogP contribution in [0.15, 0.2) is 71.5 Å². The zero-order valence-electron chi connectivity index (χ0n) is 23.0. The van der Waals surface area contributed by atoms with Gasteiger partial charge in [-0.05, 0) is 69.0 Å². The van der Waals surface area contributed by atoms with Crippen LogP contribution in [0, 0.1) is 19.8 Å². The molecule has 4 aromatic rings. The van der Waals surface area contributed by atoms with Crippen molar-refractivity contribution in [1.29, 1.82) is 0 Å². The molecule has 0 saturated heterocycles. The number of nitrogens with one attached hydrogen (secondary N) is 1. The Labute approximate surface area is 224 Å². The second-order valence-corrected chi connectivity index (χ2v) is 10.1. The van der Waals surface area contributed by atoms with Crippen molar-refractivity contribution < 1.29 is 9.53 Å². The highest BCUT2D eigenvalue weighted by Gasteiger charge is 2.28. The van der Waals surface area contributed by atoms with E-state index in [1.807, 2.05) is 69.3 Å². The summed E-state index contributed by atoms with van der Waals surface area (Å²) >= 11 is 0. The molecule has 0 spiro atoms. The molecule has 1 N–H and O–H groups in total. The number of urea groups is 1. The zero-order valence-corrected chi connectivity index (χ0v) is 23.0. The third-order valence-electron chi connectivity index (χ3n) is 6.79. The Morgan fingerprint density at radius 1 is 1.03 bits per heavy atom. The van der Waals surface area contributed by atoms with E-state index < -0.39 is 6.04 Å². The van der Waals surface area contributed by atoms with Crippen LogP contribution in [0.5, 0.6) is 5.75 Å². The topological polar surface area (TPSA) is 76.5 Å². The summed E-state index contributed by atoms with van der Waals surface area (Å²) in [6.07, 6.45) is 0.797. The Hall–Kier alpha value is -4.13. The maximum absolute atomic E-state index is 13.9. The molecule has 2 amide bonds. The predicted octanol–water partition coefficient (Wildman–Crippen LogP) is 6.65. The first-order valence-corrected chi connectivity index (χ1v) is 13.0. The van der Waals surface area contributed by atoms with Crippen molar-refractivity contribution in [3.05, 3.63) is 94.0 Å². The molecule has 1 atom stereocenters. The van der Waals surface area contributed by atoms with Crippen LogP contribution < -0.4 is 15.6 Å². The van der Waals surface area contributed by atoms with Gasteiger partial charge in [-0.2, -0.15) is 0 Å². The number of carbonyl (C=O) groups excluding carboxylic acids is 1. The number of methoxy groups -OCH3 is 1. The smallest absolute Gasteiger partial charge is 0.322 e. The minimum Gasteiger partial charge on any atom is -0.495 e. The molecule has 0 aliphatic heterocycles. The summed E-state index contributed by atoms with van der Waals surface area (Å²) in [6.45, 7) is 10.7. The molecule has 4 rings (SSSR count). The largest absolute Gasteiger partial charge is 0.495 e. The number of hydrogen-bond acceptors (Lipinski definition) is 4. The Morgan fingerprint density at radius 3 is 2.45 bits per heavy atom. The van der Waals surface area contributed by atoms with Gasteiger partial charge in [-0.15, -0.1) is 0 Å². The first-order chi connectivity index (χ1) is 18.2. The summed E-state index contributed by atoms with van der Waals surface area (Å²) in [5.41, 5.74) is 3.87. The summed E-state index contributed by atoms with van der Waals surface area (Å²) in [5, 5.41) is 3.55. The van der Waals surface area contributed by atoms with Crippen LogP contribution in [0.2, 0.25) is 0 Å². The van der Waals surface area contributed by atoms with E-state index in [2.05, 4.69) is 25.2 Å². The van der Waals surface area contributed by atoms with Crippen LogP contribution in [-0.2, 0) is 0 Å². The summed E-state index contributed by atoms with van der Waals surface area (Å²) in [6, 6.07) is 19.9. The van der Waals surface area contributed by atoms with Gasteiger partial charge >= 0.3 is 6.03 Å². The van der Waals surface area contributed by atoms with E-state index in [4.69, 9.17) is 9.72 Å². The van der Waals surface area contributed by atoms with Gasteiger partial charge in [-0.1, -0.05) is 55.8 Å². The second-order valence-electron chi connectivity index (χ2n) is 10.1. The molecule has 0 radical (unpaired) electrons. The van der Waals surface area contributed by atoms with Crippen molar-refractivity contribution in [3.63, 3.8) is 0 Å². The molecule has 3 aromatic carbocycles. The van der Waals surface area contributed by atoms with E-state index >= 15 is 0 Å². The van der Waals surface area contributed by atoms with E-state index in [-0.39, 0.29) is 11.6 Å². The SMILES string of the molecule is COc1ccccc1NC(=O)N(CCC(C)C)C(C)c1nc2ccccc2c(=O)n1-c1ccc(C)cc1C. The average Bonchev–Trinajstić information content (AvgIpc) is 2.89. The quantitative estimate of drug-likeness (QED) is 0.287. The molecule has 0 bridgehead atoms. The lowest BCUT2D eigenvalue weighted by atomic mass is 10.1. The first-order valence-electron chi connectivity index (χ1n) is 13.0. The maximum Gasteiger partial charge on any atom is 0.322 e. The molecule has 0 aliphatic rings. The van der Waals surface area contributed by atoms with E-state index in [1.54, 1.807) is 28.7 Å². The standard InChI is InChI=1S/C31H36N4O3/c1-20(2)17-18-34(31(37)33-26-13-9-10-14-28(26)38-6)23(5)29-32-25-12-8-7-11-24(25)30(36)35(29)27-16-15-21(3)19-22(27)4/h7-16,19-20,23H,17-18H2,1-6H3,(H,33,37). The van der Waals surface area contributed by atoms with Crippen molar-refractivity contribution >= 4 is 22.6 Å². The number of anilines is 1. The Balaban J connectivity index is 1.86. The average molecular weight is 513 g/mol. The number of carbonyl (C=O) groups is 1. The molecule has 0 saturated carbocycles. The second kappa shape index (κ2) is 11.5. The minimum atomic E-state index is -0.499. The Bertz CT molecular complexity index is 1510. The molecule has 0 aliphatic carbocycles. The zero-order chi connectivity index (χ0) is 27.4. The van der Waals surface area contributed by atoms with Crippen LogP contribution in [0.4, 0.5) is 10.5 Å². The lowest BCUT2D eigenvalue weighted by Crippen LogP contribution is -2.41. The van der Waals surface area contributed by atoms with Gasteiger partial charge in [-0.3, -0.25) is 9.36 Å². The molecule has 7 nitrogen and oxygen atoms in total. The number of aryl methyl sites for hydroxylation is 2. The fourth-order valence-electron chi connectivity index (χ4n) is 4.66. The van der Waals surface area contributed by atoms with Gasteiger partial charge in [0.2, 0.25) is 0 Å². The molecular weight excluding hydrogens is 476 g/mol. The molecule has 198 valence electrons. The Kier molecular flexibility index (Phi) is 8.15. The lowest BCUT2D eigenvalue weighted by Gasteiger charge is -2.31. The van der Waals surface area contributed by atoms with Crippen LogP contribution in [0.1, 0.15) is 50.2 Å². The molecule has 0 fully saturated rings. The molecule has 1 heterocycles. The predicted molar refractivity (Wildman–Crippen MR) is 153 cm³/mol. The summed E-state index contributed by atoms with van der Waals surface area (Å²) in [5.74, 6) is 1.47. The van der Waals surface area contributed by atoms with Crippen LogP contribution in [0.3, 0.4) is 0 Å². The fourth-order valence-corrected chi connectivity index (χ4v) is 4.66. The fraction of sp³-hybridized carbons (Fsp3) is 0.323. The number of benzene rings is 3. The third-order valence-corrected chi connectivity index (χ3v) is 6.79. The summed E-state index contributed by atoms with van der Waals surface area (Å²) in [4.78, 5) is 34.4. The molecule has 38 heavy (non-hydrogen) atoms. The number of para-hydroxylation sites is 3. The van der Waals surface area contributed by atoms with Crippen LogP contribution >= 0.6 is 0 Å². The number of ether oxygens (including phenoxy) is 1. The van der Waals surface area contributed by atoms with Gasteiger partial charge in [0.1, 0.15) is 11.6 Å². The number of hydrogen-bond donors (Lipinski definition) is 1. The highest BCUT2D eigenvalue weighted by Crippen LogP contribution is 2.28. The van der Waals surface area contributed by atoms with E-state index in [0.29, 0.717) is 40.6 Å². The Morgan fingerprint density at radius 2 is 1.74 bits per heavy atom. The normalized spacial score (nSPS) is 12.0. The lowest BCUT2D eigenvalue weighted by molar-refractivity contribution is 0.185. The number of aromatic nitrogens is 2. The van der Waals surface area contributed by atoms with E-state index in [9.17, 15) is 9.59 Å². The van der Waals surface area contributed by atoms with Gasteiger partial charge in [0.05, 0.1) is 35.4 Å². The van der Waals surface area contributed by atoms with Gasteiger partial charge in [0.15, 0.2) is 0 Å². The van der Waals surface area contributed by atoms with Crippen molar-refractivity contribution in [3.8, 4) is 11.4 Å². The molecule has 1 aromatic heterocycles. The molecular formula is C31H36N4O3. The number of rotatable bonds is 8. The van der Waals surface area contributed by atoms with Gasteiger partial charge in [-0.25, -0.2) is 9.78 Å². The maximum atomic E-state index is 13.9. The summed E-state index contributed by atoms with van der Waals surface area (Å²) < 4.78 is 7.11. The van der Waals surface area contributed by atoms with Crippen LogP contribution in [-0.4, -0.2) is 34.1 Å². The molecule has 1 unspecified atom stereocenters. The van der Waals surface area contributed by atoms with Gasteiger partial charge < -0.3 is 15.0 Å². The van der Waals surface area contributed by atoms with Crippen molar-refractivity contribution in [2.75, 3.05) is 19.0 Å². The van der Waals surface area contributed by atoms with E-state index in [1.165, 1.54) is 0 Å². The van der Waals surface area contributed by atoms with Crippen molar-refractivity contribution in [2.45, 2.75) is 47.1 Å². The highest BCUT2D eigenvalue weighted by atomic mass is 16.5. The molecule has 7 heteroatoms. The highest BCUT2D eigenvalue weighted by molar-refractivity contribution is 5.91. The summed E-state index contributed by atoms with van der Waals surface area (Å²) in [7, 11) is 1.58. The number of fused-ring (bicyclic) bond motifs is 1. The number of amides is 2. The van der Waals surface area contributed by atoms with Crippen molar-refractivity contribution in [2.24, 2.45) is 5.92 Å². The number of nitrogens with zero attached hydrogens (tertiary/aromatic N) is 3. The monoisotopic (exact) mass is 512 g/mol. The van der Waals surface area contributed by atoms with Gasteiger partial charge in [0.25, 0.3) is 5.56 Å². The van der Waals surface area contributed by atoms with Crippen molar-refractivity contribution in [1.82, 2.24) is 14.5 Å². The van der Waals surface area contributed by atoms with Crippen LogP contribution in [0.25, 0.3) is 16.6 Å².